The van der Waals surface area contributed by atoms with Crippen molar-refractivity contribution in [3.8, 4) is 0 Å². The molecule has 2 heterocycles. The van der Waals surface area contributed by atoms with Gasteiger partial charge in [-0.3, -0.25) is 14.3 Å². The van der Waals surface area contributed by atoms with Crippen molar-refractivity contribution in [2.75, 3.05) is 5.32 Å². The van der Waals surface area contributed by atoms with Gasteiger partial charge < -0.3 is 10.4 Å². The molecule has 1 aromatic carbocycles. The molecule has 0 saturated heterocycles. The molecule has 11 heteroatoms. The number of aromatic nitrogens is 4. The molecule has 0 aliphatic rings. The maximum Gasteiger partial charge on any atom is 0.325 e. The summed E-state index contributed by atoms with van der Waals surface area (Å²) in [5.41, 5.74) is 0.731. The number of carbonyl (C=O) groups is 2. The van der Waals surface area contributed by atoms with Crippen molar-refractivity contribution in [2.45, 2.75) is 13.1 Å². The van der Waals surface area contributed by atoms with Crippen LogP contribution in [0.1, 0.15) is 16.1 Å². The van der Waals surface area contributed by atoms with Gasteiger partial charge in [0, 0.05) is 28.0 Å². The average molecular weight is 429 g/mol. The van der Waals surface area contributed by atoms with Crippen LogP contribution in [0.5, 0.6) is 0 Å². The van der Waals surface area contributed by atoms with Crippen LogP contribution in [0.3, 0.4) is 0 Å². The maximum absolute atomic E-state index is 12.4. The summed E-state index contributed by atoms with van der Waals surface area (Å²) < 4.78 is 2.55. The molecular weight excluding hydrogens is 417 g/mol. The summed E-state index contributed by atoms with van der Waals surface area (Å²) >= 11 is 18.4. The summed E-state index contributed by atoms with van der Waals surface area (Å²) in [5, 5.41) is 20.6. The number of rotatable bonds is 6. The highest BCUT2D eigenvalue weighted by Gasteiger charge is 2.18. The second-order valence-electron chi connectivity index (χ2n) is 5.45. The van der Waals surface area contributed by atoms with Crippen molar-refractivity contribution in [3.05, 3.63) is 63.0 Å². The van der Waals surface area contributed by atoms with E-state index in [9.17, 15) is 9.59 Å². The standard InChI is InChI=1S/C16H12Cl3N5O3/c17-10-2-1-3-11(18)9(10)6-23-7-12(19)15(22-23)21-16(27)13-4-5-20-24(13)8-14(25)26/h1-5,7H,6,8H2,(H,25,26)(H,21,22,27). The third kappa shape index (κ3) is 4.41. The second kappa shape index (κ2) is 7.99. The Morgan fingerprint density at radius 2 is 1.81 bits per heavy atom. The van der Waals surface area contributed by atoms with E-state index in [0.29, 0.717) is 15.6 Å². The van der Waals surface area contributed by atoms with Gasteiger partial charge in [0.2, 0.25) is 0 Å². The van der Waals surface area contributed by atoms with Crippen LogP contribution in [-0.2, 0) is 17.9 Å². The van der Waals surface area contributed by atoms with Gasteiger partial charge in [0.05, 0.1) is 6.54 Å². The first-order chi connectivity index (χ1) is 12.8. The van der Waals surface area contributed by atoms with Gasteiger partial charge >= 0.3 is 5.97 Å². The first kappa shape index (κ1) is 19.2. The Kier molecular flexibility index (Phi) is 5.69. The van der Waals surface area contributed by atoms with Crippen molar-refractivity contribution in [3.63, 3.8) is 0 Å². The van der Waals surface area contributed by atoms with Crippen LogP contribution in [0.2, 0.25) is 15.1 Å². The third-order valence-electron chi connectivity index (χ3n) is 3.56. The number of amides is 1. The summed E-state index contributed by atoms with van der Waals surface area (Å²) in [7, 11) is 0. The lowest BCUT2D eigenvalue weighted by Gasteiger charge is -2.07. The van der Waals surface area contributed by atoms with Crippen LogP contribution in [-0.4, -0.2) is 36.5 Å². The predicted molar refractivity (Wildman–Crippen MR) is 101 cm³/mol. The van der Waals surface area contributed by atoms with Gasteiger partial charge in [0.25, 0.3) is 5.91 Å². The number of benzene rings is 1. The average Bonchev–Trinajstić information content (AvgIpc) is 3.17. The minimum Gasteiger partial charge on any atom is -0.480 e. The zero-order valence-corrected chi connectivity index (χ0v) is 15.8. The quantitative estimate of drug-likeness (QED) is 0.626. The molecule has 0 fully saturated rings. The SMILES string of the molecule is O=C(O)Cn1nccc1C(=O)Nc1nn(Cc2c(Cl)cccc2Cl)cc1Cl. The van der Waals surface area contributed by atoms with E-state index >= 15 is 0 Å². The minimum atomic E-state index is -1.12. The summed E-state index contributed by atoms with van der Waals surface area (Å²) in [6.45, 7) is -0.187. The molecular formula is C16H12Cl3N5O3. The van der Waals surface area contributed by atoms with Gasteiger partial charge in [-0.15, -0.1) is 0 Å². The van der Waals surface area contributed by atoms with Crippen LogP contribution in [0.25, 0.3) is 0 Å². The number of aliphatic carboxylic acids is 1. The van der Waals surface area contributed by atoms with Crippen molar-refractivity contribution < 1.29 is 14.7 Å². The summed E-state index contributed by atoms with van der Waals surface area (Å²) in [5.74, 6) is -1.59. The van der Waals surface area contributed by atoms with Crippen molar-refractivity contribution in [1.82, 2.24) is 19.6 Å². The lowest BCUT2D eigenvalue weighted by atomic mass is 10.2. The number of carboxylic acid groups (broad SMARTS) is 1. The zero-order chi connectivity index (χ0) is 19.6. The smallest absolute Gasteiger partial charge is 0.325 e. The molecule has 0 radical (unpaired) electrons. The van der Waals surface area contributed by atoms with Crippen molar-refractivity contribution in [1.29, 1.82) is 0 Å². The second-order valence-corrected chi connectivity index (χ2v) is 6.67. The molecule has 0 aliphatic carbocycles. The Morgan fingerprint density at radius 3 is 2.48 bits per heavy atom. The highest BCUT2D eigenvalue weighted by Crippen LogP contribution is 2.27. The van der Waals surface area contributed by atoms with E-state index in [-0.39, 0.29) is 23.1 Å². The van der Waals surface area contributed by atoms with Crippen LogP contribution in [0, 0.1) is 0 Å². The summed E-state index contributed by atoms with van der Waals surface area (Å²) in [4.78, 5) is 23.2. The summed E-state index contributed by atoms with van der Waals surface area (Å²) in [6, 6.07) is 6.54. The maximum atomic E-state index is 12.4. The molecule has 0 unspecified atom stereocenters. The van der Waals surface area contributed by atoms with Gasteiger partial charge in [0.1, 0.15) is 17.3 Å². The minimum absolute atomic E-state index is 0.0668. The van der Waals surface area contributed by atoms with E-state index < -0.39 is 18.4 Å². The number of halogens is 3. The molecule has 0 spiro atoms. The largest absolute Gasteiger partial charge is 0.480 e. The molecule has 27 heavy (non-hydrogen) atoms. The normalized spacial score (nSPS) is 10.8. The monoisotopic (exact) mass is 427 g/mol. The lowest BCUT2D eigenvalue weighted by Crippen LogP contribution is -2.21. The number of nitrogens with zero attached hydrogens (tertiary/aromatic N) is 4. The number of anilines is 1. The van der Waals surface area contributed by atoms with Gasteiger partial charge in [-0.25, -0.2) is 4.68 Å². The first-order valence-electron chi connectivity index (χ1n) is 7.56. The number of nitrogens with one attached hydrogen (secondary N) is 1. The fourth-order valence-electron chi connectivity index (χ4n) is 2.36. The first-order valence-corrected chi connectivity index (χ1v) is 8.69. The third-order valence-corrected chi connectivity index (χ3v) is 4.55. The Hall–Kier alpha value is -2.55. The molecule has 3 aromatic rings. The highest BCUT2D eigenvalue weighted by atomic mass is 35.5. The van der Waals surface area contributed by atoms with E-state index in [2.05, 4.69) is 15.5 Å². The molecule has 3 rings (SSSR count). The molecule has 0 saturated carbocycles. The van der Waals surface area contributed by atoms with E-state index in [1.807, 2.05) is 0 Å². The van der Waals surface area contributed by atoms with Crippen molar-refractivity contribution >= 4 is 52.5 Å². The van der Waals surface area contributed by atoms with Gasteiger partial charge in [0.15, 0.2) is 5.82 Å². The Morgan fingerprint density at radius 1 is 1.11 bits per heavy atom. The van der Waals surface area contributed by atoms with Gasteiger partial charge in [-0.2, -0.15) is 10.2 Å². The van der Waals surface area contributed by atoms with Crippen LogP contribution in [0.15, 0.2) is 36.7 Å². The van der Waals surface area contributed by atoms with E-state index in [4.69, 9.17) is 39.9 Å². The molecule has 8 nitrogen and oxygen atoms in total. The van der Waals surface area contributed by atoms with E-state index in [1.54, 1.807) is 18.2 Å². The Balaban J connectivity index is 1.78. The van der Waals surface area contributed by atoms with Crippen LogP contribution < -0.4 is 5.32 Å². The molecule has 2 aromatic heterocycles. The van der Waals surface area contributed by atoms with E-state index in [1.165, 1.54) is 23.1 Å². The van der Waals surface area contributed by atoms with Crippen LogP contribution >= 0.6 is 34.8 Å². The fourth-order valence-corrected chi connectivity index (χ4v) is 3.07. The highest BCUT2D eigenvalue weighted by molar-refractivity contribution is 6.36. The molecule has 0 aliphatic heterocycles. The molecule has 0 bridgehead atoms. The lowest BCUT2D eigenvalue weighted by molar-refractivity contribution is -0.137. The number of carbonyl (C=O) groups excluding carboxylic acids is 1. The van der Waals surface area contributed by atoms with Gasteiger partial charge in [-0.1, -0.05) is 40.9 Å². The molecule has 1 amide bonds. The number of hydrogen-bond acceptors (Lipinski definition) is 4. The summed E-state index contributed by atoms with van der Waals surface area (Å²) in [6.07, 6.45) is 2.85. The zero-order valence-electron chi connectivity index (χ0n) is 13.6. The Labute approximate surface area is 168 Å². The predicted octanol–water partition coefficient (Wildman–Crippen LogP) is 3.43. The molecule has 0 atom stereocenters. The van der Waals surface area contributed by atoms with E-state index in [0.717, 1.165) is 4.68 Å². The van der Waals surface area contributed by atoms with Crippen LogP contribution in [0.4, 0.5) is 5.82 Å². The van der Waals surface area contributed by atoms with Gasteiger partial charge in [-0.05, 0) is 18.2 Å². The topological polar surface area (TPSA) is 102 Å². The molecule has 140 valence electrons. The number of hydrogen-bond donors (Lipinski definition) is 2. The molecule has 2 N–H and O–H groups in total. The Bertz CT molecular complexity index is 994. The fraction of sp³-hybridized carbons (Fsp3) is 0.125. The number of carboxylic acids is 1. The van der Waals surface area contributed by atoms with Crippen molar-refractivity contribution in [2.24, 2.45) is 0 Å².